The van der Waals surface area contributed by atoms with Crippen molar-refractivity contribution in [2.45, 2.75) is 25.4 Å². The summed E-state index contributed by atoms with van der Waals surface area (Å²) in [5.41, 5.74) is 2.14. The Morgan fingerprint density at radius 3 is 2.84 bits per heavy atom. The largest absolute Gasteiger partial charge is 0.497 e. The Hall–Kier alpha value is -1.49. The molecule has 0 unspecified atom stereocenters. The smallest absolute Gasteiger partial charge is 0.124 e. The van der Waals surface area contributed by atoms with Crippen molar-refractivity contribution in [2.75, 3.05) is 7.11 Å². The highest BCUT2D eigenvalue weighted by Crippen LogP contribution is 2.26. The fourth-order valence-corrected chi connectivity index (χ4v) is 2.18. The average molecular weight is 325 g/mol. The van der Waals surface area contributed by atoms with E-state index in [0.29, 0.717) is 6.61 Å². The first kappa shape index (κ1) is 13.9. The fourth-order valence-electron chi connectivity index (χ4n) is 1.74. The van der Waals surface area contributed by atoms with E-state index in [-0.39, 0.29) is 0 Å². The summed E-state index contributed by atoms with van der Waals surface area (Å²) >= 11 is 3.46. The minimum Gasteiger partial charge on any atom is -0.497 e. The Labute approximate surface area is 121 Å². The maximum atomic E-state index is 5.83. The molecule has 4 nitrogen and oxygen atoms in total. The minimum atomic E-state index is 0.520. The van der Waals surface area contributed by atoms with Crippen molar-refractivity contribution in [3.05, 3.63) is 41.7 Å². The zero-order valence-corrected chi connectivity index (χ0v) is 12.7. The second-order valence-electron chi connectivity index (χ2n) is 4.10. The molecule has 102 valence electrons. The van der Waals surface area contributed by atoms with Crippen molar-refractivity contribution in [1.82, 2.24) is 9.78 Å². The van der Waals surface area contributed by atoms with Gasteiger partial charge in [0.2, 0.25) is 0 Å². The molecule has 0 amide bonds. The number of aromatic nitrogens is 2. The van der Waals surface area contributed by atoms with Gasteiger partial charge in [0.25, 0.3) is 0 Å². The summed E-state index contributed by atoms with van der Waals surface area (Å²) in [5, 5.41) is 4.95. The zero-order valence-electron chi connectivity index (χ0n) is 11.1. The van der Waals surface area contributed by atoms with Gasteiger partial charge in [0.15, 0.2) is 0 Å². The number of ether oxygens (including phenoxy) is 2. The van der Waals surface area contributed by atoms with Crippen molar-refractivity contribution in [3.63, 3.8) is 0 Å². The van der Waals surface area contributed by atoms with Gasteiger partial charge >= 0.3 is 0 Å². The molecule has 1 aromatic carbocycles. The zero-order chi connectivity index (χ0) is 13.7. The Morgan fingerprint density at radius 1 is 1.37 bits per heavy atom. The Balaban J connectivity index is 2.06. The fraction of sp³-hybridized carbons (Fsp3) is 0.357. The van der Waals surface area contributed by atoms with Crippen LogP contribution in [0.2, 0.25) is 0 Å². The maximum Gasteiger partial charge on any atom is 0.124 e. The van der Waals surface area contributed by atoms with Gasteiger partial charge in [-0.3, -0.25) is 4.68 Å². The molecule has 1 heterocycles. The van der Waals surface area contributed by atoms with Gasteiger partial charge in [-0.05, 0) is 25.1 Å². The number of rotatable bonds is 6. The van der Waals surface area contributed by atoms with Gasteiger partial charge in [-0.25, -0.2) is 0 Å². The van der Waals surface area contributed by atoms with E-state index in [0.717, 1.165) is 34.5 Å². The van der Waals surface area contributed by atoms with Gasteiger partial charge in [-0.1, -0.05) is 15.9 Å². The van der Waals surface area contributed by atoms with Crippen LogP contribution in [-0.2, 0) is 18.5 Å². The quantitative estimate of drug-likeness (QED) is 0.764. The third kappa shape index (κ3) is 3.50. The summed E-state index contributed by atoms with van der Waals surface area (Å²) in [6, 6.07) is 5.80. The van der Waals surface area contributed by atoms with Crippen LogP contribution in [0.15, 0.2) is 30.6 Å². The van der Waals surface area contributed by atoms with Crippen molar-refractivity contribution in [1.29, 1.82) is 0 Å². The number of hydrogen-bond acceptors (Lipinski definition) is 3. The predicted octanol–water partition coefficient (Wildman–Crippen LogP) is 3.39. The third-order valence-corrected chi connectivity index (χ3v) is 3.42. The molecular formula is C14H17BrN2O2. The topological polar surface area (TPSA) is 36.3 Å². The minimum absolute atomic E-state index is 0.520. The van der Waals surface area contributed by atoms with Crippen molar-refractivity contribution in [2.24, 2.45) is 0 Å². The lowest BCUT2D eigenvalue weighted by atomic mass is 10.2. The first-order valence-electron chi connectivity index (χ1n) is 6.13. The Kier molecular flexibility index (Phi) is 4.85. The van der Waals surface area contributed by atoms with E-state index in [1.807, 2.05) is 35.3 Å². The van der Waals surface area contributed by atoms with Crippen molar-refractivity contribution < 1.29 is 9.47 Å². The Bertz CT molecular complexity index is 540. The molecule has 0 aliphatic carbocycles. The van der Waals surface area contributed by atoms with E-state index < -0.39 is 0 Å². The maximum absolute atomic E-state index is 5.83. The SMILES string of the molecule is CCn1cc(COc2ccc(OC)cc2CBr)cn1. The molecule has 0 atom stereocenters. The first-order valence-corrected chi connectivity index (χ1v) is 7.26. The normalized spacial score (nSPS) is 10.5. The van der Waals surface area contributed by atoms with Gasteiger partial charge in [-0.2, -0.15) is 5.10 Å². The summed E-state index contributed by atoms with van der Waals surface area (Å²) in [4.78, 5) is 0. The molecule has 0 aliphatic heterocycles. The molecule has 0 bridgehead atoms. The van der Waals surface area contributed by atoms with Crippen LogP contribution in [0, 0.1) is 0 Å². The number of halogens is 1. The number of methoxy groups -OCH3 is 1. The molecule has 0 spiro atoms. The number of benzene rings is 1. The van der Waals surface area contributed by atoms with Crippen molar-refractivity contribution in [3.8, 4) is 11.5 Å². The number of aryl methyl sites for hydroxylation is 1. The first-order chi connectivity index (χ1) is 9.26. The summed E-state index contributed by atoms with van der Waals surface area (Å²) in [7, 11) is 1.66. The molecule has 5 heteroatoms. The van der Waals surface area contributed by atoms with E-state index in [9.17, 15) is 0 Å². The van der Waals surface area contributed by atoms with Crippen LogP contribution < -0.4 is 9.47 Å². The van der Waals surface area contributed by atoms with Crippen LogP contribution in [-0.4, -0.2) is 16.9 Å². The van der Waals surface area contributed by atoms with E-state index >= 15 is 0 Å². The molecule has 0 fully saturated rings. The summed E-state index contributed by atoms with van der Waals surface area (Å²) < 4.78 is 12.9. The second kappa shape index (κ2) is 6.61. The van der Waals surface area contributed by atoms with Crippen LogP contribution in [0.3, 0.4) is 0 Å². The highest BCUT2D eigenvalue weighted by Gasteiger charge is 2.06. The lowest BCUT2D eigenvalue weighted by Gasteiger charge is -2.10. The van der Waals surface area contributed by atoms with Crippen molar-refractivity contribution >= 4 is 15.9 Å². The number of alkyl halides is 1. The Morgan fingerprint density at radius 2 is 2.21 bits per heavy atom. The third-order valence-electron chi connectivity index (χ3n) is 2.82. The van der Waals surface area contributed by atoms with E-state index in [2.05, 4.69) is 28.0 Å². The molecular weight excluding hydrogens is 308 g/mol. The molecule has 1 aromatic heterocycles. The van der Waals surface area contributed by atoms with Crippen LogP contribution in [0.5, 0.6) is 11.5 Å². The van der Waals surface area contributed by atoms with Gasteiger partial charge in [-0.15, -0.1) is 0 Å². The standard InChI is InChI=1S/C14H17BrN2O2/c1-3-17-9-11(8-16-17)10-19-14-5-4-13(18-2)6-12(14)7-15/h4-6,8-9H,3,7,10H2,1-2H3. The summed E-state index contributed by atoms with van der Waals surface area (Å²) in [6.45, 7) is 3.45. The highest BCUT2D eigenvalue weighted by atomic mass is 79.9. The second-order valence-corrected chi connectivity index (χ2v) is 4.66. The molecule has 0 N–H and O–H groups in total. The monoisotopic (exact) mass is 324 g/mol. The summed E-state index contributed by atoms with van der Waals surface area (Å²) in [6.07, 6.45) is 3.83. The van der Waals surface area contributed by atoms with Gasteiger partial charge in [0.1, 0.15) is 18.1 Å². The molecule has 0 saturated carbocycles. The molecule has 2 aromatic rings. The summed E-state index contributed by atoms with van der Waals surface area (Å²) in [5.74, 6) is 1.70. The number of nitrogens with zero attached hydrogens (tertiary/aromatic N) is 2. The molecule has 0 radical (unpaired) electrons. The van der Waals surface area contributed by atoms with Gasteiger partial charge < -0.3 is 9.47 Å². The molecule has 0 saturated heterocycles. The predicted molar refractivity (Wildman–Crippen MR) is 77.9 cm³/mol. The van der Waals surface area contributed by atoms with E-state index in [1.54, 1.807) is 7.11 Å². The van der Waals surface area contributed by atoms with E-state index in [1.165, 1.54) is 0 Å². The highest BCUT2D eigenvalue weighted by molar-refractivity contribution is 9.08. The van der Waals surface area contributed by atoms with Crippen LogP contribution in [0.4, 0.5) is 0 Å². The van der Waals surface area contributed by atoms with Gasteiger partial charge in [0.05, 0.1) is 13.3 Å². The van der Waals surface area contributed by atoms with E-state index in [4.69, 9.17) is 9.47 Å². The van der Waals surface area contributed by atoms with Crippen LogP contribution >= 0.6 is 15.9 Å². The molecule has 2 rings (SSSR count). The lowest BCUT2D eigenvalue weighted by Crippen LogP contribution is -1.98. The molecule has 0 aliphatic rings. The number of hydrogen-bond donors (Lipinski definition) is 0. The van der Waals surface area contributed by atoms with Crippen LogP contribution in [0.25, 0.3) is 0 Å². The lowest BCUT2D eigenvalue weighted by molar-refractivity contribution is 0.303. The average Bonchev–Trinajstić information content (AvgIpc) is 2.92. The molecule has 19 heavy (non-hydrogen) atoms. The van der Waals surface area contributed by atoms with Crippen LogP contribution in [0.1, 0.15) is 18.1 Å². The van der Waals surface area contributed by atoms with Gasteiger partial charge in [0, 0.05) is 29.2 Å².